The molecule has 2 bridgehead atoms. The van der Waals surface area contributed by atoms with Crippen molar-refractivity contribution in [1.29, 1.82) is 0 Å². The van der Waals surface area contributed by atoms with Gasteiger partial charge in [0.05, 0.1) is 5.56 Å². The molecule has 0 aliphatic carbocycles. The molecule has 1 aromatic rings. The molecule has 0 N–H and O–H groups in total. The van der Waals surface area contributed by atoms with Gasteiger partial charge in [-0.25, -0.2) is 0 Å². The highest BCUT2D eigenvalue weighted by molar-refractivity contribution is 9.10. The second kappa shape index (κ2) is 5.40. The molecular weight excluding hydrogens is 328 g/mol. The minimum Gasteiger partial charge on any atom is -0.334 e. The number of benzene rings is 1. The molecular formula is C17H21BrN2O. The lowest BCUT2D eigenvalue weighted by molar-refractivity contribution is 0.0395. The van der Waals surface area contributed by atoms with Crippen LogP contribution in [0.3, 0.4) is 0 Å². The predicted octanol–water partition coefficient (Wildman–Crippen LogP) is 3.14. The second-order valence-electron chi connectivity index (χ2n) is 6.69. The van der Waals surface area contributed by atoms with E-state index in [0.717, 1.165) is 35.0 Å². The maximum absolute atomic E-state index is 12.5. The molecule has 21 heavy (non-hydrogen) atoms. The Hall–Kier alpha value is -0.870. The largest absolute Gasteiger partial charge is 0.334 e. The van der Waals surface area contributed by atoms with Gasteiger partial charge in [0.25, 0.3) is 5.91 Å². The minimum atomic E-state index is 0.207. The van der Waals surface area contributed by atoms with E-state index in [1.807, 2.05) is 17.0 Å². The molecule has 3 saturated heterocycles. The fraction of sp³-hybridized carbons (Fsp3) is 0.588. The monoisotopic (exact) mass is 348 g/mol. The smallest absolute Gasteiger partial charge is 0.255 e. The Bertz CT molecular complexity index is 566. The number of amides is 1. The van der Waals surface area contributed by atoms with Crippen LogP contribution in [-0.4, -0.2) is 41.9 Å². The molecule has 5 rings (SSSR count). The normalized spacial score (nSPS) is 30.8. The molecule has 0 aromatic heterocycles. The van der Waals surface area contributed by atoms with Gasteiger partial charge in [0.15, 0.2) is 0 Å². The summed E-state index contributed by atoms with van der Waals surface area (Å²) >= 11 is 3.52. The van der Waals surface area contributed by atoms with Gasteiger partial charge < -0.3 is 9.80 Å². The molecule has 1 aromatic carbocycles. The summed E-state index contributed by atoms with van der Waals surface area (Å²) in [4.78, 5) is 17.2. The molecule has 3 fully saturated rings. The van der Waals surface area contributed by atoms with Crippen LogP contribution in [0.25, 0.3) is 0 Å². The van der Waals surface area contributed by atoms with Gasteiger partial charge in [-0.05, 0) is 71.7 Å². The van der Waals surface area contributed by atoms with Gasteiger partial charge in [0.2, 0.25) is 0 Å². The fourth-order valence-electron chi connectivity index (χ4n) is 4.29. The van der Waals surface area contributed by atoms with Gasteiger partial charge in [-0.3, -0.25) is 4.79 Å². The van der Waals surface area contributed by atoms with Crippen molar-refractivity contribution in [2.24, 2.45) is 11.8 Å². The van der Waals surface area contributed by atoms with Crippen molar-refractivity contribution in [2.45, 2.75) is 25.8 Å². The van der Waals surface area contributed by atoms with Crippen LogP contribution in [0.15, 0.2) is 22.7 Å². The van der Waals surface area contributed by atoms with Crippen molar-refractivity contribution in [3.8, 4) is 0 Å². The third-order valence-corrected chi connectivity index (χ3v) is 6.18. The molecule has 112 valence electrons. The average molecular weight is 349 g/mol. The van der Waals surface area contributed by atoms with Crippen LogP contribution in [0.1, 0.15) is 35.2 Å². The van der Waals surface area contributed by atoms with Crippen LogP contribution in [0.2, 0.25) is 0 Å². The van der Waals surface area contributed by atoms with Crippen molar-refractivity contribution in [2.75, 3.05) is 26.2 Å². The van der Waals surface area contributed by atoms with Crippen LogP contribution in [0, 0.1) is 11.8 Å². The maximum atomic E-state index is 12.5. The predicted molar refractivity (Wildman–Crippen MR) is 86.2 cm³/mol. The van der Waals surface area contributed by atoms with Crippen LogP contribution >= 0.6 is 15.9 Å². The Kier molecular flexibility index (Phi) is 3.54. The van der Waals surface area contributed by atoms with E-state index in [-0.39, 0.29) is 5.91 Å². The van der Waals surface area contributed by atoms with Gasteiger partial charge >= 0.3 is 0 Å². The van der Waals surface area contributed by atoms with E-state index in [9.17, 15) is 4.79 Å². The molecule has 4 heterocycles. The van der Waals surface area contributed by atoms with Crippen molar-refractivity contribution < 1.29 is 4.79 Å². The minimum absolute atomic E-state index is 0.207. The van der Waals surface area contributed by atoms with Crippen molar-refractivity contribution in [3.63, 3.8) is 0 Å². The third-order valence-electron chi connectivity index (χ3n) is 5.52. The fourth-order valence-corrected chi connectivity index (χ4v) is 4.87. The summed E-state index contributed by atoms with van der Waals surface area (Å²) in [5, 5.41) is 0. The zero-order valence-electron chi connectivity index (χ0n) is 12.2. The number of halogens is 1. The van der Waals surface area contributed by atoms with Crippen molar-refractivity contribution in [3.05, 3.63) is 33.8 Å². The number of hydrogen-bond acceptors (Lipinski definition) is 2. The van der Waals surface area contributed by atoms with Gasteiger partial charge in [-0.1, -0.05) is 12.1 Å². The van der Waals surface area contributed by atoms with Crippen molar-refractivity contribution >= 4 is 21.8 Å². The molecule has 1 amide bonds. The highest BCUT2D eigenvalue weighted by Crippen LogP contribution is 2.35. The topological polar surface area (TPSA) is 23.6 Å². The van der Waals surface area contributed by atoms with E-state index >= 15 is 0 Å². The molecule has 0 saturated carbocycles. The Morgan fingerprint density at radius 1 is 1.24 bits per heavy atom. The summed E-state index contributed by atoms with van der Waals surface area (Å²) in [5.74, 6) is 1.91. The number of fused-ring (bicyclic) bond motifs is 4. The summed E-state index contributed by atoms with van der Waals surface area (Å²) in [6.07, 6.45) is 3.90. The third kappa shape index (κ3) is 2.42. The Labute approximate surface area is 134 Å². The van der Waals surface area contributed by atoms with Gasteiger partial charge in [-0.2, -0.15) is 0 Å². The first-order valence-corrected chi connectivity index (χ1v) is 8.80. The van der Waals surface area contributed by atoms with E-state index in [1.165, 1.54) is 44.5 Å². The van der Waals surface area contributed by atoms with Gasteiger partial charge in [0, 0.05) is 24.1 Å². The number of rotatable bonds is 3. The molecule has 4 heteroatoms. The molecule has 0 radical (unpaired) electrons. The van der Waals surface area contributed by atoms with E-state index in [4.69, 9.17) is 0 Å². The van der Waals surface area contributed by atoms with Crippen LogP contribution in [-0.2, 0) is 6.54 Å². The lowest BCUT2D eigenvalue weighted by Crippen LogP contribution is -2.48. The molecule has 1 unspecified atom stereocenters. The Morgan fingerprint density at radius 2 is 2.05 bits per heavy atom. The summed E-state index contributed by atoms with van der Waals surface area (Å²) < 4.78 is 0.940. The molecule has 4 aliphatic heterocycles. The average Bonchev–Trinajstić information content (AvgIpc) is 2.84. The molecule has 3 nitrogen and oxygen atoms in total. The first-order chi connectivity index (χ1) is 10.2. The quantitative estimate of drug-likeness (QED) is 0.837. The first-order valence-electron chi connectivity index (χ1n) is 8.01. The zero-order valence-corrected chi connectivity index (χ0v) is 13.8. The molecule has 4 aliphatic rings. The van der Waals surface area contributed by atoms with Gasteiger partial charge in [0.1, 0.15) is 0 Å². The van der Waals surface area contributed by atoms with Crippen molar-refractivity contribution in [1.82, 2.24) is 9.80 Å². The second-order valence-corrected chi connectivity index (χ2v) is 7.54. The Balaban J connectivity index is 1.41. The number of carbonyl (C=O) groups excluding carboxylic acids is 1. The number of hydrogen-bond donors (Lipinski definition) is 0. The SMILES string of the molecule is O=C1c2c(Br)cccc2CN1CCC1CN2CCC1CC2. The standard InChI is InChI=1S/C17H21BrN2O/c18-15-3-1-2-14-11-20(17(21)16(14)15)9-6-13-10-19-7-4-12(13)5-8-19/h1-3,12-13H,4-11H2. The summed E-state index contributed by atoms with van der Waals surface area (Å²) in [5.41, 5.74) is 2.05. The Morgan fingerprint density at radius 3 is 2.71 bits per heavy atom. The number of carbonyl (C=O) groups is 1. The summed E-state index contributed by atoms with van der Waals surface area (Å²) in [6.45, 7) is 5.54. The van der Waals surface area contributed by atoms with E-state index in [0.29, 0.717) is 0 Å². The van der Waals surface area contributed by atoms with Gasteiger partial charge in [-0.15, -0.1) is 0 Å². The van der Waals surface area contributed by atoms with E-state index < -0.39 is 0 Å². The van der Waals surface area contributed by atoms with E-state index in [2.05, 4.69) is 26.9 Å². The summed E-state index contributed by atoms with van der Waals surface area (Å²) in [6, 6.07) is 6.06. The lowest BCUT2D eigenvalue weighted by atomic mass is 9.77. The molecule has 1 atom stereocenters. The highest BCUT2D eigenvalue weighted by Gasteiger charge is 2.35. The first kappa shape index (κ1) is 13.8. The number of piperidine rings is 3. The van der Waals surface area contributed by atoms with E-state index in [1.54, 1.807) is 0 Å². The lowest BCUT2D eigenvalue weighted by Gasteiger charge is -2.45. The molecule has 0 spiro atoms. The van der Waals surface area contributed by atoms with Crippen LogP contribution in [0.4, 0.5) is 0 Å². The number of nitrogens with zero attached hydrogens (tertiary/aromatic N) is 2. The zero-order chi connectivity index (χ0) is 14.4. The maximum Gasteiger partial charge on any atom is 0.255 e. The highest BCUT2D eigenvalue weighted by atomic mass is 79.9. The summed E-state index contributed by atoms with van der Waals surface area (Å²) in [7, 11) is 0. The van der Waals surface area contributed by atoms with Crippen LogP contribution in [0.5, 0.6) is 0 Å². The van der Waals surface area contributed by atoms with Crippen LogP contribution < -0.4 is 0 Å².